The molecule has 7 N–H and O–H groups in total. The van der Waals surface area contributed by atoms with Crippen molar-refractivity contribution >= 4 is 30.7 Å². The minimum absolute atomic E-state index is 0.123. The molecule has 0 radical (unpaired) electrons. The maximum atomic E-state index is 13.0. The van der Waals surface area contributed by atoms with E-state index in [-0.39, 0.29) is 23.5 Å². The minimum atomic E-state index is -4.90. The van der Waals surface area contributed by atoms with Crippen molar-refractivity contribution in [2.45, 2.75) is 57.8 Å². The van der Waals surface area contributed by atoms with Crippen LogP contribution in [0, 0.1) is 13.8 Å². The first-order valence-electron chi connectivity index (χ1n) is 11.4. The highest BCUT2D eigenvalue weighted by molar-refractivity contribution is 7.46. The Morgan fingerprint density at radius 3 is 2.42 bits per heavy atom. The van der Waals surface area contributed by atoms with Gasteiger partial charge in [0.05, 0.1) is 24.5 Å². The summed E-state index contributed by atoms with van der Waals surface area (Å²) >= 11 is 0. The molecule has 36 heavy (non-hydrogen) atoms. The van der Waals surface area contributed by atoms with E-state index >= 15 is 0 Å². The van der Waals surface area contributed by atoms with Gasteiger partial charge in [0.2, 0.25) is 0 Å². The van der Waals surface area contributed by atoms with E-state index in [2.05, 4.69) is 28.3 Å². The van der Waals surface area contributed by atoms with Crippen molar-refractivity contribution in [1.29, 1.82) is 0 Å². The highest BCUT2D eigenvalue weighted by atomic mass is 31.2. The molecule has 0 unspecified atom stereocenters. The Labute approximate surface area is 206 Å². The number of nitrogens with one attached hydrogen (secondary N) is 2. The van der Waals surface area contributed by atoms with Crippen molar-refractivity contribution in [3.05, 3.63) is 43.6 Å². The molecule has 0 fully saturated rings. The van der Waals surface area contributed by atoms with Crippen LogP contribution in [0.4, 0.5) is 22.9 Å². The van der Waals surface area contributed by atoms with Crippen molar-refractivity contribution in [1.82, 2.24) is 9.97 Å². The van der Waals surface area contributed by atoms with Crippen LogP contribution >= 0.6 is 7.82 Å². The molecule has 2 aromatic rings. The molecule has 2 aliphatic rings. The van der Waals surface area contributed by atoms with E-state index in [1.54, 1.807) is 0 Å². The maximum Gasteiger partial charge on any atom is 0.469 e. The quantitative estimate of drug-likeness (QED) is 0.242. The Kier molecular flexibility index (Phi) is 6.71. The van der Waals surface area contributed by atoms with Crippen LogP contribution in [0.15, 0.2) is 15.7 Å². The summed E-state index contributed by atoms with van der Waals surface area (Å²) in [5.41, 5.74) is 2.97. The van der Waals surface area contributed by atoms with Crippen molar-refractivity contribution < 1.29 is 34.2 Å². The number of β-amino-alcohol motifs (C(OH)–C–C–N with tert-alkyl or cyclic N) is 1. The van der Waals surface area contributed by atoms with Gasteiger partial charge in [-0.2, -0.15) is 0 Å². The molecule has 0 aliphatic carbocycles. The number of aromatic amines is 2. The number of anilines is 4. The molecule has 13 nitrogen and oxygen atoms in total. The van der Waals surface area contributed by atoms with Crippen LogP contribution < -0.4 is 21.0 Å². The van der Waals surface area contributed by atoms with E-state index in [0.29, 0.717) is 12.2 Å². The average Bonchev–Trinajstić information content (AvgIpc) is 2.76. The van der Waals surface area contributed by atoms with Crippen LogP contribution in [0.5, 0.6) is 0 Å². The molecule has 3 atom stereocenters. The number of phosphoric acid groups is 1. The molecule has 14 heteroatoms. The molecule has 4 rings (SSSR count). The van der Waals surface area contributed by atoms with E-state index in [1.165, 1.54) is 4.90 Å². The molecular weight excluding hydrogens is 495 g/mol. The summed E-state index contributed by atoms with van der Waals surface area (Å²) in [5, 5.41) is 31.4. The Morgan fingerprint density at radius 2 is 1.78 bits per heavy atom. The number of fused-ring (bicyclic) bond motifs is 2. The number of aliphatic hydroxyl groups excluding tert-OH is 3. The number of aliphatic hydroxyl groups is 3. The molecule has 2 aliphatic heterocycles. The third kappa shape index (κ3) is 4.63. The lowest BCUT2D eigenvalue weighted by Gasteiger charge is -2.48. The summed E-state index contributed by atoms with van der Waals surface area (Å²) in [6, 6.07) is 1.87. The average molecular weight is 526 g/mol. The number of phosphoric ester groups is 1. The molecule has 0 amide bonds. The molecule has 1 aromatic carbocycles. The maximum absolute atomic E-state index is 13.0. The summed E-state index contributed by atoms with van der Waals surface area (Å²) < 4.78 is 15.2. The van der Waals surface area contributed by atoms with Gasteiger partial charge in [0.15, 0.2) is 0 Å². The second-order valence-electron chi connectivity index (χ2n) is 9.97. The lowest BCUT2D eigenvalue weighted by atomic mass is 9.73. The smallest absolute Gasteiger partial charge is 0.388 e. The molecule has 198 valence electrons. The molecule has 0 saturated carbocycles. The highest BCUT2D eigenvalue weighted by Crippen LogP contribution is 2.54. The molecule has 1 aromatic heterocycles. The first-order valence-corrected chi connectivity index (χ1v) is 13.0. The zero-order valence-corrected chi connectivity index (χ0v) is 21.2. The molecule has 3 heterocycles. The summed E-state index contributed by atoms with van der Waals surface area (Å²) in [6.07, 6.45) is -4.59. The summed E-state index contributed by atoms with van der Waals surface area (Å²) in [7, 11) is -4.90. The van der Waals surface area contributed by atoms with Gasteiger partial charge in [0.25, 0.3) is 5.56 Å². The summed E-state index contributed by atoms with van der Waals surface area (Å²) in [4.78, 5) is 51.1. The number of aromatic nitrogens is 2. The standard InChI is InChI=1S/C22H31N4O9P/c1-10-7-12-16-15(11(10)2)22(3,4)5-6-25(16)17-19(23-21(31)24-20(17)30)26(12)8-13(27)18(29)14(28)9-35-36(32,33)34/h7,13-14,18,27-29H,5-6,8-9H2,1-4H3,(H2,32,33,34)(H2,23,24,30,31)/t13-,14+,18-/m0/s1. The number of nitrogens with zero attached hydrogens (tertiary/aromatic N) is 2. The van der Waals surface area contributed by atoms with Gasteiger partial charge >= 0.3 is 13.5 Å². The normalized spacial score (nSPS) is 18.9. The fourth-order valence-electron chi connectivity index (χ4n) is 5.09. The van der Waals surface area contributed by atoms with Crippen LogP contribution in [0.25, 0.3) is 0 Å². The summed E-state index contributed by atoms with van der Waals surface area (Å²) in [5.74, 6) is 0.123. The zero-order chi connectivity index (χ0) is 26.7. The predicted octanol–water partition coefficient (Wildman–Crippen LogP) is 0.143. The molecular formula is C22H31N4O9P. The number of benzene rings is 1. The van der Waals surface area contributed by atoms with Crippen molar-refractivity contribution in [3.8, 4) is 0 Å². The highest BCUT2D eigenvalue weighted by Gasteiger charge is 2.43. The van der Waals surface area contributed by atoms with Crippen LogP contribution in [0.3, 0.4) is 0 Å². The molecule has 0 bridgehead atoms. The van der Waals surface area contributed by atoms with Crippen molar-refractivity contribution in [2.24, 2.45) is 0 Å². The van der Waals surface area contributed by atoms with Crippen LogP contribution in [-0.2, 0) is 14.5 Å². The monoisotopic (exact) mass is 526 g/mol. The van der Waals surface area contributed by atoms with Crippen LogP contribution in [0.2, 0.25) is 0 Å². The zero-order valence-electron chi connectivity index (χ0n) is 20.3. The van der Waals surface area contributed by atoms with Gasteiger partial charge in [-0.3, -0.25) is 19.3 Å². The fourth-order valence-corrected chi connectivity index (χ4v) is 5.44. The summed E-state index contributed by atoms with van der Waals surface area (Å²) in [6.45, 7) is 7.39. The van der Waals surface area contributed by atoms with E-state index in [9.17, 15) is 29.5 Å². The topological polar surface area (TPSA) is 200 Å². The van der Waals surface area contributed by atoms with Gasteiger partial charge in [-0.15, -0.1) is 0 Å². The largest absolute Gasteiger partial charge is 0.469 e. The first kappa shape index (κ1) is 26.6. The van der Waals surface area contributed by atoms with Gasteiger partial charge in [0, 0.05) is 6.54 Å². The second-order valence-corrected chi connectivity index (χ2v) is 11.2. The van der Waals surface area contributed by atoms with Crippen molar-refractivity contribution in [3.63, 3.8) is 0 Å². The van der Waals surface area contributed by atoms with E-state index in [1.807, 2.05) is 24.8 Å². The molecule has 0 spiro atoms. The third-order valence-electron chi connectivity index (χ3n) is 7.01. The molecule has 0 saturated heterocycles. The van der Waals surface area contributed by atoms with Crippen LogP contribution in [0.1, 0.15) is 37.0 Å². The van der Waals surface area contributed by atoms with E-state index < -0.39 is 44.0 Å². The number of H-pyrrole nitrogens is 2. The SMILES string of the molecule is Cc1cc2c3c(c1C)C(C)(C)CCN3c1c([nH]c(=O)[nH]c1=O)N2C[C@H](O)[C@H](O)[C@H](O)COP(=O)(O)O. The van der Waals surface area contributed by atoms with Gasteiger partial charge in [-0.25, -0.2) is 9.36 Å². The Bertz CT molecular complexity index is 1350. The third-order valence-corrected chi connectivity index (χ3v) is 7.49. The van der Waals surface area contributed by atoms with E-state index in [4.69, 9.17) is 9.79 Å². The number of rotatable bonds is 7. The second kappa shape index (κ2) is 9.10. The number of aryl methyl sites for hydroxylation is 1. The fraction of sp³-hybridized carbons (Fsp3) is 0.545. The Hall–Kier alpha value is -2.51. The van der Waals surface area contributed by atoms with Gasteiger partial charge in [-0.05, 0) is 48.4 Å². The van der Waals surface area contributed by atoms with Crippen molar-refractivity contribution in [2.75, 3.05) is 29.5 Å². The number of hydrogen-bond donors (Lipinski definition) is 7. The Morgan fingerprint density at radius 1 is 1.11 bits per heavy atom. The predicted molar refractivity (Wildman–Crippen MR) is 131 cm³/mol. The number of hydrogen-bond acceptors (Lipinski definition) is 9. The first-order chi connectivity index (χ1) is 16.6. The minimum Gasteiger partial charge on any atom is -0.388 e. The lowest BCUT2D eigenvalue weighted by molar-refractivity contribution is -0.0717. The van der Waals surface area contributed by atoms with Gasteiger partial charge in [0.1, 0.15) is 29.8 Å². The Balaban J connectivity index is 1.82. The van der Waals surface area contributed by atoms with Gasteiger partial charge < -0.3 is 34.9 Å². The lowest BCUT2D eigenvalue weighted by Crippen LogP contribution is -2.49. The van der Waals surface area contributed by atoms with E-state index in [0.717, 1.165) is 28.8 Å². The van der Waals surface area contributed by atoms with Gasteiger partial charge in [-0.1, -0.05) is 13.8 Å². The van der Waals surface area contributed by atoms with Crippen LogP contribution in [-0.4, -0.2) is 73.1 Å².